The monoisotopic (exact) mass is 480 g/mol. The van der Waals surface area contributed by atoms with Crippen LogP contribution in [-0.4, -0.2) is 69.6 Å². The predicted molar refractivity (Wildman–Crippen MR) is 131 cm³/mol. The molecule has 1 aliphatic rings. The first kappa shape index (κ1) is 24.5. The molecule has 1 amide bonds. The van der Waals surface area contributed by atoms with Crippen LogP contribution >= 0.6 is 0 Å². The topological polar surface area (TPSA) is 111 Å². The number of hydrogen-bond acceptors (Lipinski definition) is 6. The van der Waals surface area contributed by atoms with Crippen LogP contribution in [0.25, 0.3) is 11.0 Å². The summed E-state index contributed by atoms with van der Waals surface area (Å²) in [7, 11) is 5.04. The van der Waals surface area contributed by atoms with Crippen molar-refractivity contribution < 1.29 is 19.0 Å². The SMILES string of the molecule is C=CC(O)N1C[C@@H](n2cc(C#Cc3cc(F)c4c(c3)ncn4C)c(C(N)=O)c2NC)C[C@@H]1COC. The normalized spacial score (nSPS) is 18.9. The Bertz CT molecular complexity index is 1330. The fourth-order valence-corrected chi connectivity index (χ4v) is 4.79. The van der Waals surface area contributed by atoms with Crippen LogP contribution in [0.3, 0.4) is 0 Å². The van der Waals surface area contributed by atoms with Gasteiger partial charge in [0.05, 0.1) is 29.6 Å². The molecule has 1 aromatic carbocycles. The average Bonchev–Trinajstić information content (AvgIpc) is 3.52. The van der Waals surface area contributed by atoms with E-state index >= 15 is 0 Å². The molecule has 0 aliphatic carbocycles. The maximum atomic E-state index is 14.6. The highest BCUT2D eigenvalue weighted by molar-refractivity contribution is 6.00. The van der Waals surface area contributed by atoms with Crippen molar-refractivity contribution in [3.8, 4) is 11.8 Å². The second-order valence-electron chi connectivity index (χ2n) is 8.56. The Labute approximate surface area is 203 Å². The van der Waals surface area contributed by atoms with Crippen molar-refractivity contribution >= 4 is 22.8 Å². The van der Waals surface area contributed by atoms with Gasteiger partial charge in [-0.1, -0.05) is 18.4 Å². The van der Waals surface area contributed by atoms with Crippen molar-refractivity contribution in [3.63, 3.8) is 0 Å². The van der Waals surface area contributed by atoms with E-state index in [-0.39, 0.29) is 17.6 Å². The van der Waals surface area contributed by atoms with E-state index in [1.165, 1.54) is 12.1 Å². The lowest BCUT2D eigenvalue weighted by Gasteiger charge is -2.26. The summed E-state index contributed by atoms with van der Waals surface area (Å²) in [6.07, 6.45) is 4.64. The fraction of sp³-hybridized carbons (Fsp3) is 0.360. The number of anilines is 1. The van der Waals surface area contributed by atoms with E-state index in [0.29, 0.717) is 47.6 Å². The zero-order valence-electron chi connectivity index (χ0n) is 20.0. The molecular formula is C25H29FN6O3. The summed E-state index contributed by atoms with van der Waals surface area (Å²) >= 11 is 0. The van der Waals surface area contributed by atoms with Gasteiger partial charge in [-0.3, -0.25) is 9.69 Å². The van der Waals surface area contributed by atoms with Crippen LogP contribution in [0.1, 0.15) is 33.9 Å². The Morgan fingerprint density at radius 3 is 2.91 bits per heavy atom. The molecule has 2 aromatic heterocycles. The molecule has 3 aromatic rings. The molecule has 184 valence electrons. The number of imidazole rings is 1. The van der Waals surface area contributed by atoms with Crippen molar-refractivity contribution in [1.29, 1.82) is 0 Å². The minimum absolute atomic E-state index is 0.0373. The molecule has 10 heteroatoms. The van der Waals surface area contributed by atoms with Crippen LogP contribution < -0.4 is 11.1 Å². The lowest BCUT2D eigenvalue weighted by atomic mass is 10.1. The van der Waals surface area contributed by atoms with Crippen LogP contribution in [0.4, 0.5) is 10.2 Å². The molecule has 1 saturated heterocycles. The molecule has 0 bridgehead atoms. The van der Waals surface area contributed by atoms with Gasteiger partial charge in [0.25, 0.3) is 5.91 Å². The number of halogens is 1. The van der Waals surface area contributed by atoms with Gasteiger partial charge < -0.3 is 30.0 Å². The lowest BCUT2D eigenvalue weighted by Crippen LogP contribution is -2.40. The number of aromatic nitrogens is 3. The zero-order chi connectivity index (χ0) is 25.3. The summed E-state index contributed by atoms with van der Waals surface area (Å²) in [5.41, 5.74) is 7.74. The molecule has 0 spiro atoms. The van der Waals surface area contributed by atoms with Gasteiger partial charge in [-0.15, -0.1) is 0 Å². The number of ether oxygens (including phenoxy) is 1. The molecule has 9 nitrogen and oxygen atoms in total. The van der Waals surface area contributed by atoms with E-state index in [4.69, 9.17) is 10.5 Å². The Balaban J connectivity index is 1.74. The number of methoxy groups -OCH3 is 1. The Hall–Kier alpha value is -3.65. The number of nitrogens with zero attached hydrogens (tertiary/aromatic N) is 4. The fourth-order valence-electron chi connectivity index (χ4n) is 4.79. The summed E-state index contributed by atoms with van der Waals surface area (Å²) in [4.78, 5) is 18.5. The van der Waals surface area contributed by atoms with Gasteiger partial charge >= 0.3 is 0 Å². The second-order valence-corrected chi connectivity index (χ2v) is 8.56. The number of nitrogens with one attached hydrogen (secondary N) is 1. The van der Waals surface area contributed by atoms with Gasteiger partial charge in [0.15, 0.2) is 0 Å². The number of aliphatic hydroxyl groups is 1. The van der Waals surface area contributed by atoms with Crippen molar-refractivity contribution in [1.82, 2.24) is 19.0 Å². The van der Waals surface area contributed by atoms with E-state index in [0.717, 1.165) is 0 Å². The highest BCUT2D eigenvalue weighted by atomic mass is 19.1. The molecule has 3 heterocycles. The van der Waals surface area contributed by atoms with Gasteiger partial charge in [0.1, 0.15) is 23.4 Å². The van der Waals surface area contributed by atoms with Crippen LogP contribution in [0.15, 0.2) is 37.3 Å². The average molecular weight is 481 g/mol. The van der Waals surface area contributed by atoms with Crippen molar-refractivity contribution in [2.24, 2.45) is 12.8 Å². The summed E-state index contributed by atoms with van der Waals surface area (Å²) in [6.45, 7) is 4.64. The molecule has 35 heavy (non-hydrogen) atoms. The molecule has 4 rings (SSSR count). The van der Waals surface area contributed by atoms with Gasteiger partial charge in [0.2, 0.25) is 0 Å². The van der Waals surface area contributed by atoms with E-state index in [2.05, 4.69) is 28.7 Å². The summed E-state index contributed by atoms with van der Waals surface area (Å²) in [5, 5.41) is 13.5. The standard InChI is InChI=1S/C25H29FN6O3/c1-5-21(33)31-12-17(10-18(31)13-35-4)32-11-16(22(24(27)34)25(32)28-2)7-6-15-8-19(26)23-20(9-15)29-14-30(23)3/h5,8-9,11,14,17-18,21,28,33H,1,10,12-13H2,2-4H3,(H2,27,34)/t17-,18+,21?/m0/s1. The third-order valence-corrected chi connectivity index (χ3v) is 6.36. The zero-order valence-corrected chi connectivity index (χ0v) is 20.0. The number of nitrogens with two attached hydrogens (primary N) is 1. The Kier molecular flexibility index (Phi) is 6.93. The number of aliphatic hydroxyl groups excluding tert-OH is 1. The number of aryl methyl sites for hydroxylation is 1. The van der Waals surface area contributed by atoms with Gasteiger partial charge in [-0.2, -0.15) is 0 Å². The van der Waals surface area contributed by atoms with E-state index in [9.17, 15) is 14.3 Å². The number of fused-ring (bicyclic) bond motifs is 1. The van der Waals surface area contributed by atoms with E-state index < -0.39 is 18.0 Å². The van der Waals surface area contributed by atoms with Gasteiger partial charge in [-0.05, 0) is 24.6 Å². The van der Waals surface area contributed by atoms with Gasteiger partial charge in [-0.25, -0.2) is 9.37 Å². The number of rotatable bonds is 7. The third kappa shape index (κ3) is 4.53. The summed E-state index contributed by atoms with van der Waals surface area (Å²) in [5.74, 6) is 5.42. The van der Waals surface area contributed by atoms with E-state index in [1.807, 2.05) is 9.47 Å². The largest absolute Gasteiger partial charge is 0.383 e. The number of primary amides is 1. The van der Waals surface area contributed by atoms with Crippen LogP contribution in [0.5, 0.6) is 0 Å². The minimum atomic E-state index is -0.819. The molecule has 1 aliphatic heterocycles. The first-order chi connectivity index (χ1) is 16.8. The number of amides is 1. The molecule has 4 N–H and O–H groups in total. The third-order valence-electron chi connectivity index (χ3n) is 6.36. The minimum Gasteiger partial charge on any atom is -0.383 e. The van der Waals surface area contributed by atoms with Crippen LogP contribution in [-0.2, 0) is 11.8 Å². The van der Waals surface area contributed by atoms with Crippen molar-refractivity contribution in [2.75, 3.05) is 32.6 Å². The van der Waals surface area contributed by atoms with Gasteiger partial charge in [0, 0.05) is 51.6 Å². The van der Waals surface area contributed by atoms with Crippen molar-refractivity contribution in [3.05, 3.63) is 59.8 Å². The maximum absolute atomic E-state index is 14.6. The van der Waals surface area contributed by atoms with Crippen LogP contribution in [0.2, 0.25) is 0 Å². The number of carbonyl (C=O) groups is 1. The molecule has 0 saturated carbocycles. The number of likely N-dealkylation sites (tertiary alicyclic amines) is 1. The maximum Gasteiger partial charge on any atom is 0.253 e. The molecule has 3 atom stereocenters. The van der Waals surface area contributed by atoms with Crippen molar-refractivity contribution in [2.45, 2.75) is 24.7 Å². The number of benzene rings is 1. The predicted octanol–water partition coefficient (Wildman–Crippen LogP) is 1.82. The lowest BCUT2D eigenvalue weighted by molar-refractivity contribution is 0.00614. The van der Waals surface area contributed by atoms with Crippen LogP contribution in [0, 0.1) is 17.7 Å². The number of hydrogen-bond donors (Lipinski definition) is 3. The highest BCUT2D eigenvalue weighted by Gasteiger charge is 2.37. The van der Waals surface area contributed by atoms with E-state index in [1.54, 1.807) is 44.4 Å². The Morgan fingerprint density at radius 2 is 2.26 bits per heavy atom. The smallest absolute Gasteiger partial charge is 0.253 e. The highest BCUT2D eigenvalue weighted by Crippen LogP contribution is 2.34. The molecule has 0 radical (unpaired) electrons. The molecule has 1 fully saturated rings. The first-order valence-electron chi connectivity index (χ1n) is 11.2. The Morgan fingerprint density at radius 1 is 1.49 bits per heavy atom. The number of carbonyl (C=O) groups excluding carboxylic acids is 1. The molecule has 1 unspecified atom stereocenters. The quantitative estimate of drug-likeness (QED) is 0.352. The first-order valence-corrected chi connectivity index (χ1v) is 11.2. The summed E-state index contributed by atoms with van der Waals surface area (Å²) in [6, 6.07) is 2.93. The molecular weight excluding hydrogens is 451 g/mol. The summed E-state index contributed by atoms with van der Waals surface area (Å²) < 4.78 is 23.4. The second kappa shape index (κ2) is 9.92.